The number of para-hydroxylation sites is 1. The molecule has 3 aromatic carbocycles. The Kier molecular flexibility index (Phi) is 8.13. The van der Waals surface area contributed by atoms with E-state index in [0.717, 1.165) is 4.31 Å². The molecule has 0 spiro atoms. The summed E-state index contributed by atoms with van der Waals surface area (Å²) < 4.78 is 38.2. The second kappa shape index (κ2) is 11.0. The molecule has 2 N–H and O–H groups in total. The fraction of sp³-hybridized carbons (Fsp3) is 0.130. The number of hydrazone groups is 1. The van der Waals surface area contributed by atoms with E-state index in [9.17, 15) is 18.3 Å². The van der Waals surface area contributed by atoms with Gasteiger partial charge >= 0.3 is 0 Å². The van der Waals surface area contributed by atoms with Gasteiger partial charge in [-0.3, -0.25) is 9.10 Å². The summed E-state index contributed by atoms with van der Waals surface area (Å²) in [5.41, 5.74) is 3.19. The Bertz CT molecular complexity index is 1280. The number of phenolic OH excluding ortho intramolecular Hbond substituents is 1. The topological polar surface area (TPSA) is 118 Å². The maximum Gasteiger partial charge on any atom is 0.264 e. The van der Waals surface area contributed by atoms with Crippen LogP contribution in [-0.4, -0.2) is 46.4 Å². The molecule has 3 rings (SSSR count). The van der Waals surface area contributed by atoms with E-state index in [2.05, 4.69) is 26.5 Å². The summed E-state index contributed by atoms with van der Waals surface area (Å²) in [7, 11) is -1.16. The van der Waals surface area contributed by atoms with Crippen molar-refractivity contribution in [3.05, 3.63) is 76.8 Å². The summed E-state index contributed by atoms with van der Waals surface area (Å²) in [6, 6.07) is 17.3. The van der Waals surface area contributed by atoms with Crippen molar-refractivity contribution in [2.45, 2.75) is 4.90 Å². The van der Waals surface area contributed by atoms with Gasteiger partial charge in [0, 0.05) is 0 Å². The molecular formula is C23H22BrN3O6S. The van der Waals surface area contributed by atoms with Gasteiger partial charge in [0.15, 0.2) is 11.5 Å². The zero-order chi connectivity index (χ0) is 24.7. The molecule has 0 unspecified atom stereocenters. The molecule has 0 fully saturated rings. The number of aromatic hydroxyl groups is 1. The molecule has 0 saturated heterocycles. The lowest BCUT2D eigenvalue weighted by molar-refractivity contribution is -0.119. The van der Waals surface area contributed by atoms with E-state index in [-0.39, 0.29) is 16.4 Å². The predicted molar refractivity (Wildman–Crippen MR) is 132 cm³/mol. The van der Waals surface area contributed by atoms with Gasteiger partial charge in [0.05, 0.1) is 35.5 Å². The minimum Gasteiger partial charge on any atom is -0.503 e. The predicted octanol–water partition coefficient (Wildman–Crippen LogP) is 3.52. The molecular weight excluding hydrogens is 526 g/mol. The fourth-order valence-corrected chi connectivity index (χ4v) is 4.83. The molecule has 178 valence electrons. The van der Waals surface area contributed by atoms with Gasteiger partial charge in [-0.2, -0.15) is 5.10 Å². The maximum absolute atomic E-state index is 13.3. The first-order valence-electron chi connectivity index (χ1n) is 9.86. The third kappa shape index (κ3) is 5.86. The van der Waals surface area contributed by atoms with Crippen molar-refractivity contribution >= 4 is 43.8 Å². The van der Waals surface area contributed by atoms with Crippen LogP contribution in [0.5, 0.6) is 17.2 Å². The van der Waals surface area contributed by atoms with Crippen molar-refractivity contribution in [2.24, 2.45) is 5.10 Å². The number of ether oxygens (including phenoxy) is 2. The molecule has 1 amide bonds. The highest BCUT2D eigenvalue weighted by Crippen LogP contribution is 2.34. The molecule has 0 aliphatic rings. The van der Waals surface area contributed by atoms with Gasteiger partial charge in [-0.1, -0.05) is 18.2 Å². The summed E-state index contributed by atoms with van der Waals surface area (Å²) in [5.74, 6) is 0.0192. The van der Waals surface area contributed by atoms with Gasteiger partial charge in [0.2, 0.25) is 0 Å². The van der Waals surface area contributed by atoms with Crippen LogP contribution >= 0.6 is 15.9 Å². The summed E-state index contributed by atoms with van der Waals surface area (Å²) in [6.45, 7) is -0.502. The van der Waals surface area contributed by atoms with Crippen LogP contribution in [-0.2, 0) is 14.8 Å². The number of carbonyl (C=O) groups is 1. The molecule has 0 bridgehead atoms. The number of benzene rings is 3. The number of nitrogens with zero attached hydrogens (tertiary/aromatic N) is 2. The molecule has 34 heavy (non-hydrogen) atoms. The number of anilines is 1. The van der Waals surface area contributed by atoms with Gasteiger partial charge in [-0.25, -0.2) is 13.8 Å². The van der Waals surface area contributed by atoms with Crippen LogP contribution < -0.4 is 19.2 Å². The van der Waals surface area contributed by atoms with E-state index >= 15 is 0 Å². The molecule has 3 aromatic rings. The average Bonchev–Trinajstić information content (AvgIpc) is 2.85. The van der Waals surface area contributed by atoms with Crippen molar-refractivity contribution in [3.63, 3.8) is 0 Å². The second-order valence-electron chi connectivity index (χ2n) is 6.87. The third-order valence-electron chi connectivity index (χ3n) is 4.65. The Labute approximate surface area is 205 Å². The number of amides is 1. The molecule has 0 heterocycles. The lowest BCUT2D eigenvalue weighted by Gasteiger charge is -2.23. The lowest BCUT2D eigenvalue weighted by atomic mass is 10.2. The molecule has 0 atom stereocenters. The van der Waals surface area contributed by atoms with Crippen LogP contribution in [0.25, 0.3) is 0 Å². The van der Waals surface area contributed by atoms with Crippen molar-refractivity contribution in [2.75, 3.05) is 25.1 Å². The van der Waals surface area contributed by atoms with E-state index in [1.54, 1.807) is 36.4 Å². The number of carbonyl (C=O) groups excluding carboxylic acids is 1. The first kappa shape index (κ1) is 25.1. The van der Waals surface area contributed by atoms with Crippen molar-refractivity contribution in [3.8, 4) is 17.2 Å². The highest BCUT2D eigenvalue weighted by atomic mass is 79.9. The minimum atomic E-state index is -4.06. The number of halogens is 1. The van der Waals surface area contributed by atoms with Crippen LogP contribution in [0, 0.1) is 0 Å². The molecule has 9 nitrogen and oxygen atoms in total. The SMILES string of the molecule is COc1ccc(S(=O)(=O)N(CC(=O)N/N=C\c2cc(Br)c(O)c(OC)c2)c2ccccc2)cc1. The number of hydrogen-bond acceptors (Lipinski definition) is 7. The Morgan fingerprint density at radius 3 is 2.38 bits per heavy atom. The third-order valence-corrected chi connectivity index (χ3v) is 7.04. The summed E-state index contributed by atoms with van der Waals surface area (Å²) >= 11 is 3.21. The van der Waals surface area contributed by atoms with Crippen molar-refractivity contribution < 1.29 is 27.8 Å². The molecule has 0 radical (unpaired) electrons. The van der Waals surface area contributed by atoms with E-state index in [0.29, 0.717) is 21.5 Å². The van der Waals surface area contributed by atoms with Gasteiger partial charge < -0.3 is 14.6 Å². The first-order chi connectivity index (χ1) is 16.3. The number of sulfonamides is 1. The molecule has 0 aliphatic heterocycles. The zero-order valence-electron chi connectivity index (χ0n) is 18.3. The number of methoxy groups -OCH3 is 2. The van der Waals surface area contributed by atoms with E-state index in [1.807, 2.05) is 0 Å². The highest BCUT2D eigenvalue weighted by molar-refractivity contribution is 9.10. The smallest absolute Gasteiger partial charge is 0.264 e. The quantitative estimate of drug-likeness (QED) is 0.312. The molecule has 0 aromatic heterocycles. The summed E-state index contributed by atoms with van der Waals surface area (Å²) in [4.78, 5) is 12.6. The Morgan fingerprint density at radius 1 is 1.09 bits per heavy atom. The fourth-order valence-electron chi connectivity index (χ4n) is 2.95. The van der Waals surface area contributed by atoms with Crippen LogP contribution in [0.1, 0.15) is 5.56 Å². The first-order valence-corrected chi connectivity index (χ1v) is 12.1. The number of hydrogen-bond donors (Lipinski definition) is 2. The van der Waals surface area contributed by atoms with Crippen LogP contribution in [0.3, 0.4) is 0 Å². The number of rotatable bonds is 9. The van der Waals surface area contributed by atoms with Crippen molar-refractivity contribution in [1.82, 2.24) is 5.43 Å². The standard InChI is InChI=1S/C23H22BrN3O6S/c1-32-18-8-10-19(11-9-18)34(30,31)27(17-6-4-3-5-7-17)15-22(28)26-25-14-16-12-20(24)23(29)21(13-16)33-2/h3-14,29H,15H2,1-2H3,(H,26,28)/b25-14-. The molecule has 0 saturated carbocycles. The summed E-state index contributed by atoms with van der Waals surface area (Å²) in [5, 5.41) is 13.8. The highest BCUT2D eigenvalue weighted by Gasteiger charge is 2.27. The van der Waals surface area contributed by atoms with Gasteiger partial charge in [0.1, 0.15) is 12.3 Å². The van der Waals surface area contributed by atoms with Crippen LogP contribution in [0.4, 0.5) is 5.69 Å². The van der Waals surface area contributed by atoms with Crippen LogP contribution in [0.2, 0.25) is 0 Å². The molecule has 11 heteroatoms. The van der Waals surface area contributed by atoms with Gasteiger partial charge in [-0.05, 0) is 70.0 Å². The van der Waals surface area contributed by atoms with Gasteiger partial charge in [-0.15, -0.1) is 0 Å². The Morgan fingerprint density at radius 2 is 1.76 bits per heavy atom. The zero-order valence-corrected chi connectivity index (χ0v) is 20.7. The monoisotopic (exact) mass is 547 g/mol. The lowest BCUT2D eigenvalue weighted by Crippen LogP contribution is -2.39. The minimum absolute atomic E-state index is 0.00879. The van der Waals surface area contributed by atoms with E-state index < -0.39 is 22.5 Å². The normalized spacial score (nSPS) is 11.3. The largest absolute Gasteiger partial charge is 0.503 e. The molecule has 0 aliphatic carbocycles. The Hall–Kier alpha value is -3.57. The van der Waals surface area contributed by atoms with E-state index in [1.165, 1.54) is 50.8 Å². The maximum atomic E-state index is 13.3. The number of nitrogens with one attached hydrogen (secondary N) is 1. The average molecular weight is 548 g/mol. The van der Waals surface area contributed by atoms with Crippen LogP contribution in [0.15, 0.2) is 81.2 Å². The van der Waals surface area contributed by atoms with E-state index in [4.69, 9.17) is 9.47 Å². The van der Waals surface area contributed by atoms with Crippen molar-refractivity contribution in [1.29, 1.82) is 0 Å². The van der Waals surface area contributed by atoms with Gasteiger partial charge in [0.25, 0.3) is 15.9 Å². The summed E-state index contributed by atoms with van der Waals surface area (Å²) in [6.07, 6.45) is 1.34. The number of phenols is 1. The second-order valence-corrected chi connectivity index (χ2v) is 9.59. The Balaban J connectivity index is 1.81.